The fourth-order valence-electron chi connectivity index (χ4n) is 3.56. The molecule has 158 valence electrons. The van der Waals surface area contributed by atoms with Crippen LogP contribution in [0.1, 0.15) is 30.4 Å². The van der Waals surface area contributed by atoms with Gasteiger partial charge in [-0.3, -0.25) is 14.5 Å². The normalized spacial score (nSPS) is 15.2. The van der Waals surface area contributed by atoms with E-state index >= 15 is 0 Å². The first-order valence-electron chi connectivity index (χ1n) is 10.2. The van der Waals surface area contributed by atoms with Crippen LogP contribution in [0.4, 0.5) is 0 Å². The maximum Gasteiger partial charge on any atom is 0.228 e. The molecule has 0 aromatic heterocycles. The molecule has 0 saturated carbocycles. The molecule has 0 spiro atoms. The zero-order valence-electron chi connectivity index (χ0n) is 17.2. The summed E-state index contributed by atoms with van der Waals surface area (Å²) < 4.78 is 5.05. The average Bonchev–Trinajstić information content (AvgIpc) is 2.75. The fourth-order valence-corrected chi connectivity index (χ4v) is 3.56. The van der Waals surface area contributed by atoms with Gasteiger partial charge in [-0.25, -0.2) is 0 Å². The molecule has 2 aromatic rings. The Morgan fingerprint density at radius 2 is 1.90 bits per heavy atom. The molecule has 2 aromatic carbocycles. The number of nitrogens with zero attached hydrogens (tertiary/aromatic N) is 1. The Bertz CT molecular complexity index is 887. The number of benzene rings is 2. The molecule has 2 N–H and O–H groups in total. The largest absolute Gasteiger partial charge is 0.504 e. The van der Waals surface area contributed by atoms with Gasteiger partial charge in [-0.2, -0.15) is 0 Å². The lowest BCUT2D eigenvalue weighted by molar-refractivity contribution is -0.126. The summed E-state index contributed by atoms with van der Waals surface area (Å²) in [5.41, 5.74) is 2.01. The molecule has 1 aliphatic heterocycles. The molecule has 3 rings (SSSR count). The Morgan fingerprint density at radius 1 is 1.17 bits per heavy atom. The number of ketones is 1. The van der Waals surface area contributed by atoms with Gasteiger partial charge in [0, 0.05) is 25.7 Å². The smallest absolute Gasteiger partial charge is 0.228 e. The first-order chi connectivity index (χ1) is 14.5. The SMILES string of the molecule is COc1cc(/C=C/C(=O)CC(=O)NC2CCN(Cc3ccccc3)CC2)ccc1O. The number of nitrogens with one attached hydrogen (secondary N) is 1. The molecule has 0 radical (unpaired) electrons. The third kappa shape index (κ3) is 6.46. The Labute approximate surface area is 177 Å². The number of phenols is 1. The van der Waals surface area contributed by atoms with E-state index in [1.54, 1.807) is 18.2 Å². The molecule has 0 unspecified atom stereocenters. The number of carbonyl (C=O) groups excluding carboxylic acids is 2. The maximum absolute atomic E-state index is 12.2. The second-order valence-corrected chi connectivity index (χ2v) is 7.51. The van der Waals surface area contributed by atoms with Crippen molar-refractivity contribution < 1.29 is 19.4 Å². The van der Waals surface area contributed by atoms with Crippen LogP contribution < -0.4 is 10.1 Å². The van der Waals surface area contributed by atoms with E-state index in [1.807, 2.05) is 18.2 Å². The van der Waals surface area contributed by atoms with E-state index in [0.717, 1.165) is 32.5 Å². The minimum atomic E-state index is -0.263. The van der Waals surface area contributed by atoms with Crippen molar-refractivity contribution in [2.24, 2.45) is 0 Å². The number of likely N-dealkylation sites (tertiary alicyclic amines) is 1. The number of rotatable bonds is 8. The Hall–Kier alpha value is -3.12. The lowest BCUT2D eigenvalue weighted by Gasteiger charge is -2.32. The first kappa shape index (κ1) is 21.6. The van der Waals surface area contributed by atoms with Crippen LogP contribution >= 0.6 is 0 Å². The third-order valence-electron chi connectivity index (χ3n) is 5.20. The highest BCUT2D eigenvalue weighted by atomic mass is 16.5. The molecule has 6 nitrogen and oxygen atoms in total. The monoisotopic (exact) mass is 408 g/mol. The van der Waals surface area contributed by atoms with E-state index < -0.39 is 0 Å². The summed E-state index contributed by atoms with van der Waals surface area (Å²) in [6, 6.07) is 15.3. The topological polar surface area (TPSA) is 78.9 Å². The number of aromatic hydroxyl groups is 1. The zero-order chi connectivity index (χ0) is 21.3. The van der Waals surface area contributed by atoms with Gasteiger partial charge in [0.2, 0.25) is 5.91 Å². The predicted octanol–water partition coefficient (Wildman–Crippen LogP) is 3.15. The fraction of sp³-hybridized carbons (Fsp3) is 0.333. The van der Waals surface area contributed by atoms with Gasteiger partial charge < -0.3 is 15.2 Å². The van der Waals surface area contributed by atoms with Crippen molar-refractivity contribution in [1.29, 1.82) is 0 Å². The summed E-state index contributed by atoms with van der Waals surface area (Å²) in [7, 11) is 1.46. The van der Waals surface area contributed by atoms with Crippen molar-refractivity contribution in [3.63, 3.8) is 0 Å². The Morgan fingerprint density at radius 3 is 2.60 bits per heavy atom. The highest BCUT2D eigenvalue weighted by Crippen LogP contribution is 2.26. The minimum absolute atomic E-state index is 0.0372. The molecule has 0 bridgehead atoms. The van der Waals surface area contributed by atoms with Crippen LogP contribution in [0.5, 0.6) is 11.5 Å². The van der Waals surface area contributed by atoms with Crippen molar-refractivity contribution in [3.05, 3.63) is 65.7 Å². The van der Waals surface area contributed by atoms with Crippen molar-refractivity contribution in [1.82, 2.24) is 10.2 Å². The second-order valence-electron chi connectivity index (χ2n) is 7.51. The van der Waals surface area contributed by atoms with Crippen LogP contribution in [0.25, 0.3) is 6.08 Å². The molecule has 1 aliphatic rings. The van der Waals surface area contributed by atoms with Crippen LogP contribution in [-0.4, -0.2) is 47.9 Å². The molecule has 1 fully saturated rings. The highest BCUT2D eigenvalue weighted by molar-refractivity contribution is 6.05. The van der Waals surface area contributed by atoms with E-state index in [1.165, 1.54) is 24.8 Å². The van der Waals surface area contributed by atoms with Crippen molar-refractivity contribution in [2.45, 2.75) is 31.8 Å². The van der Waals surface area contributed by atoms with Gasteiger partial charge in [0.25, 0.3) is 0 Å². The van der Waals surface area contributed by atoms with E-state index in [9.17, 15) is 14.7 Å². The molecule has 0 atom stereocenters. The summed E-state index contributed by atoms with van der Waals surface area (Å²) in [5, 5.41) is 12.6. The van der Waals surface area contributed by atoms with Crippen LogP contribution in [-0.2, 0) is 16.1 Å². The Balaban J connectivity index is 1.40. The van der Waals surface area contributed by atoms with Crippen molar-refractivity contribution >= 4 is 17.8 Å². The predicted molar refractivity (Wildman–Crippen MR) is 116 cm³/mol. The lowest BCUT2D eigenvalue weighted by Crippen LogP contribution is -2.44. The van der Waals surface area contributed by atoms with Gasteiger partial charge in [0.1, 0.15) is 0 Å². The van der Waals surface area contributed by atoms with Crippen LogP contribution in [0.3, 0.4) is 0 Å². The number of methoxy groups -OCH3 is 1. The molecule has 0 aliphatic carbocycles. The van der Waals surface area contributed by atoms with Gasteiger partial charge in [-0.15, -0.1) is 0 Å². The average molecular weight is 408 g/mol. The van der Waals surface area contributed by atoms with Gasteiger partial charge >= 0.3 is 0 Å². The number of carbonyl (C=O) groups is 2. The quantitative estimate of drug-likeness (QED) is 0.518. The number of hydrogen-bond donors (Lipinski definition) is 2. The van der Waals surface area contributed by atoms with E-state index in [-0.39, 0.29) is 29.9 Å². The van der Waals surface area contributed by atoms with E-state index in [2.05, 4.69) is 22.3 Å². The van der Waals surface area contributed by atoms with Gasteiger partial charge in [-0.05, 0) is 42.2 Å². The summed E-state index contributed by atoms with van der Waals surface area (Å²) in [5.74, 6) is -0.133. The number of piperidine rings is 1. The van der Waals surface area contributed by atoms with Crippen molar-refractivity contribution in [3.8, 4) is 11.5 Å². The number of ether oxygens (including phenoxy) is 1. The summed E-state index contributed by atoms with van der Waals surface area (Å²) in [6.07, 6.45) is 4.59. The lowest BCUT2D eigenvalue weighted by atomic mass is 10.0. The standard InChI is InChI=1S/C24H28N2O4/c1-30-23-15-18(8-10-22(23)28)7-9-21(27)16-24(29)25-20-11-13-26(14-12-20)17-19-5-3-2-4-6-19/h2-10,15,20,28H,11-14,16-17H2,1H3,(H,25,29)/b9-7+. The number of hydrogen-bond acceptors (Lipinski definition) is 5. The number of allylic oxidation sites excluding steroid dienone is 1. The molecule has 1 amide bonds. The second kappa shape index (κ2) is 10.6. The first-order valence-corrected chi connectivity index (χ1v) is 10.2. The van der Waals surface area contributed by atoms with Gasteiger partial charge in [0.05, 0.1) is 13.5 Å². The number of phenolic OH excluding ortho intramolecular Hbond substituents is 1. The molecular formula is C24H28N2O4. The molecular weight excluding hydrogens is 380 g/mol. The molecule has 1 saturated heterocycles. The zero-order valence-corrected chi connectivity index (χ0v) is 17.2. The van der Waals surface area contributed by atoms with Gasteiger partial charge in [0.15, 0.2) is 17.3 Å². The van der Waals surface area contributed by atoms with E-state index in [4.69, 9.17) is 4.74 Å². The van der Waals surface area contributed by atoms with Crippen LogP contribution in [0.2, 0.25) is 0 Å². The van der Waals surface area contributed by atoms with Crippen molar-refractivity contribution in [2.75, 3.05) is 20.2 Å². The van der Waals surface area contributed by atoms with Crippen LogP contribution in [0, 0.1) is 0 Å². The number of amides is 1. The van der Waals surface area contributed by atoms with Crippen LogP contribution in [0.15, 0.2) is 54.6 Å². The minimum Gasteiger partial charge on any atom is -0.504 e. The van der Waals surface area contributed by atoms with Gasteiger partial charge in [-0.1, -0.05) is 42.5 Å². The maximum atomic E-state index is 12.2. The molecule has 30 heavy (non-hydrogen) atoms. The highest BCUT2D eigenvalue weighted by Gasteiger charge is 2.21. The molecule has 6 heteroatoms. The summed E-state index contributed by atoms with van der Waals surface area (Å²) in [4.78, 5) is 26.7. The molecule has 1 heterocycles. The summed E-state index contributed by atoms with van der Waals surface area (Å²) >= 11 is 0. The van der Waals surface area contributed by atoms with E-state index in [0.29, 0.717) is 11.3 Å². The summed E-state index contributed by atoms with van der Waals surface area (Å²) in [6.45, 7) is 2.78. The Kier molecular flexibility index (Phi) is 7.63. The third-order valence-corrected chi connectivity index (χ3v) is 5.20.